The molecule has 0 saturated heterocycles. The summed E-state index contributed by atoms with van der Waals surface area (Å²) in [5.74, 6) is 0. The van der Waals surface area contributed by atoms with Gasteiger partial charge in [-0.05, 0) is 31.2 Å². The molecule has 3 nitrogen and oxygen atoms in total. The molecule has 1 aromatic carbocycles. The van der Waals surface area contributed by atoms with Crippen LogP contribution >= 0.6 is 11.6 Å². The van der Waals surface area contributed by atoms with Gasteiger partial charge in [0.1, 0.15) is 0 Å². The molecule has 0 bridgehead atoms. The number of ether oxygens (including phenoxy) is 1. The minimum Gasteiger partial charge on any atom is -0.388 e. The van der Waals surface area contributed by atoms with E-state index in [0.29, 0.717) is 18.1 Å². The minimum absolute atomic E-state index is 0.433. The summed E-state index contributed by atoms with van der Waals surface area (Å²) in [7, 11) is 3.71. The van der Waals surface area contributed by atoms with E-state index in [0.717, 1.165) is 18.7 Å². The quantitative estimate of drug-likeness (QED) is 0.814. The summed E-state index contributed by atoms with van der Waals surface area (Å²) >= 11 is 5.80. The van der Waals surface area contributed by atoms with E-state index in [-0.39, 0.29) is 0 Å². The predicted octanol–water partition coefficient (Wildman–Crippen LogP) is 2.34. The number of rotatable bonds is 7. The van der Waals surface area contributed by atoms with Gasteiger partial charge in [-0.15, -0.1) is 0 Å². The first-order chi connectivity index (χ1) is 8.13. The van der Waals surface area contributed by atoms with Crippen LogP contribution in [0.5, 0.6) is 0 Å². The van der Waals surface area contributed by atoms with Crippen molar-refractivity contribution in [3.63, 3.8) is 0 Å². The Morgan fingerprint density at radius 1 is 1.29 bits per heavy atom. The van der Waals surface area contributed by atoms with Gasteiger partial charge in [0.25, 0.3) is 0 Å². The second-order valence-corrected chi connectivity index (χ2v) is 4.59. The number of aliphatic hydroxyl groups is 1. The lowest BCUT2D eigenvalue weighted by molar-refractivity contribution is 0.129. The number of methoxy groups -OCH3 is 1. The van der Waals surface area contributed by atoms with E-state index < -0.39 is 6.10 Å². The third-order valence-corrected chi connectivity index (χ3v) is 2.97. The number of likely N-dealkylation sites (N-methyl/N-ethyl adjacent to an activating group) is 1. The lowest BCUT2D eigenvalue weighted by atomic mass is 10.1. The Hall–Kier alpha value is -0.610. The van der Waals surface area contributed by atoms with E-state index in [4.69, 9.17) is 16.3 Å². The van der Waals surface area contributed by atoms with Gasteiger partial charge in [-0.2, -0.15) is 0 Å². The van der Waals surface area contributed by atoms with Crippen molar-refractivity contribution in [1.29, 1.82) is 0 Å². The van der Waals surface area contributed by atoms with Crippen molar-refractivity contribution in [3.05, 3.63) is 34.9 Å². The maximum Gasteiger partial charge on any atom is 0.0802 e. The smallest absolute Gasteiger partial charge is 0.0802 e. The molecule has 1 atom stereocenters. The van der Waals surface area contributed by atoms with Crippen molar-refractivity contribution in [2.24, 2.45) is 0 Å². The highest BCUT2D eigenvalue weighted by atomic mass is 35.5. The van der Waals surface area contributed by atoms with Crippen LogP contribution in [0, 0.1) is 0 Å². The second-order valence-electron chi connectivity index (χ2n) is 4.15. The molecular formula is C13H20ClNO2. The number of hydrogen-bond acceptors (Lipinski definition) is 3. The van der Waals surface area contributed by atoms with Crippen molar-refractivity contribution in [2.45, 2.75) is 12.5 Å². The SMILES string of the molecule is COCCN(C)CCC(O)c1ccc(Cl)cc1. The molecule has 1 unspecified atom stereocenters. The zero-order chi connectivity index (χ0) is 12.7. The monoisotopic (exact) mass is 257 g/mol. The number of nitrogens with zero attached hydrogens (tertiary/aromatic N) is 1. The molecule has 1 N–H and O–H groups in total. The van der Waals surface area contributed by atoms with Crippen molar-refractivity contribution >= 4 is 11.6 Å². The Kier molecular flexibility index (Phi) is 6.52. The highest BCUT2D eigenvalue weighted by Gasteiger charge is 2.08. The van der Waals surface area contributed by atoms with Gasteiger partial charge in [0.05, 0.1) is 12.7 Å². The van der Waals surface area contributed by atoms with Crippen LogP contribution < -0.4 is 0 Å². The minimum atomic E-state index is -0.433. The van der Waals surface area contributed by atoms with Crippen molar-refractivity contribution in [2.75, 3.05) is 33.9 Å². The molecule has 0 aromatic heterocycles. The highest BCUT2D eigenvalue weighted by Crippen LogP contribution is 2.19. The van der Waals surface area contributed by atoms with Crippen molar-refractivity contribution in [3.8, 4) is 0 Å². The standard InChI is InChI=1S/C13H20ClNO2/c1-15(9-10-17-2)8-7-13(16)11-3-5-12(14)6-4-11/h3-6,13,16H,7-10H2,1-2H3. The van der Waals surface area contributed by atoms with E-state index in [2.05, 4.69) is 4.90 Å². The molecule has 0 aliphatic rings. The van der Waals surface area contributed by atoms with Crippen LogP contribution in [0.3, 0.4) is 0 Å². The fourth-order valence-corrected chi connectivity index (χ4v) is 1.68. The second kappa shape index (κ2) is 7.67. The first-order valence-corrected chi connectivity index (χ1v) is 6.12. The molecule has 17 heavy (non-hydrogen) atoms. The number of benzene rings is 1. The molecule has 0 amide bonds. The third-order valence-electron chi connectivity index (χ3n) is 2.72. The number of halogens is 1. The van der Waals surface area contributed by atoms with Gasteiger partial charge in [-0.1, -0.05) is 23.7 Å². The Morgan fingerprint density at radius 2 is 1.94 bits per heavy atom. The number of hydrogen-bond donors (Lipinski definition) is 1. The summed E-state index contributed by atoms with van der Waals surface area (Å²) in [6.45, 7) is 2.44. The largest absolute Gasteiger partial charge is 0.388 e. The Labute approximate surface area is 108 Å². The van der Waals surface area contributed by atoms with E-state index in [9.17, 15) is 5.11 Å². The summed E-state index contributed by atoms with van der Waals surface area (Å²) in [5, 5.41) is 10.7. The van der Waals surface area contributed by atoms with Crippen LogP contribution in [0.25, 0.3) is 0 Å². The number of aliphatic hydroxyl groups excluding tert-OH is 1. The topological polar surface area (TPSA) is 32.7 Å². The van der Waals surface area contributed by atoms with Crippen molar-refractivity contribution in [1.82, 2.24) is 4.90 Å². The molecule has 1 rings (SSSR count). The molecule has 0 spiro atoms. The average Bonchev–Trinajstić information content (AvgIpc) is 2.34. The summed E-state index contributed by atoms with van der Waals surface area (Å²) in [6.07, 6.45) is 0.277. The molecule has 0 heterocycles. The van der Waals surface area contributed by atoms with Gasteiger partial charge in [-0.25, -0.2) is 0 Å². The molecular weight excluding hydrogens is 238 g/mol. The van der Waals surface area contributed by atoms with Crippen LogP contribution in [-0.2, 0) is 4.74 Å². The van der Waals surface area contributed by atoms with E-state index in [1.165, 1.54) is 0 Å². The summed E-state index contributed by atoms with van der Waals surface area (Å²) in [5.41, 5.74) is 0.912. The first-order valence-electron chi connectivity index (χ1n) is 5.74. The molecule has 96 valence electrons. The molecule has 0 aliphatic carbocycles. The molecule has 0 radical (unpaired) electrons. The molecule has 0 saturated carbocycles. The molecule has 0 fully saturated rings. The van der Waals surface area contributed by atoms with Gasteiger partial charge in [-0.3, -0.25) is 0 Å². The summed E-state index contributed by atoms with van der Waals surface area (Å²) < 4.78 is 5.00. The Balaban J connectivity index is 2.34. The zero-order valence-electron chi connectivity index (χ0n) is 10.4. The Bertz CT molecular complexity index is 316. The average molecular weight is 258 g/mol. The van der Waals surface area contributed by atoms with Crippen LogP contribution in [0.2, 0.25) is 5.02 Å². The fraction of sp³-hybridized carbons (Fsp3) is 0.538. The molecule has 4 heteroatoms. The lowest BCUT2D eigenvalue weighted by Gasteiger charge is -2.18. The van der Waals surface area contributed by atoms with Gasteiger partial charge in [0, 0.05) is 25.2 Å². The summed E-state index contributed by atoms with van der Waals surface area (Å²) in [6, 6.07) is 7.33. The van der Waals surface area contributed by atoms with Gasteiger partial charge >= 0.3 is 0 Å². The molecule has 1 aromatic rings. The zero-order valence-corrected chi connectivity index (χ0v) is 11.2. The predicted molar refractivity (Wildman–Crippen MR) is 70.4 cm³/mol. The maximum atomic E-state index is 9.98. The lowest BCUT2D eigenvalue weighted by Crippen LogP contribution is -2.25. The van der Waals surface area contributed by atoms with Gasteiger partial charge in [0.15, 0.2) is 0 Å². The van der Waals surface area contributed by atoms with Crippen molar-refractivity contribution < 1.29 is 9.84 Å². The van der Waals surface area contributed by atoms with E-state index in [1.54, 1.807) is 19.2 Å². The van der Waals surface area contributed by atoms with E-state index in [1.807, 2.05) is 19.2 Å². The van der Waals surface area contributed by atoms with Crippen LogP contribution in [-0.4, -0.2) is 43.9 Å². The summed E-state index contributed by atoms with van der Waals surface area (Å²) in [4.78, 5) is 2.14. The maximum absolute atomic E-state index is 9.98. The Morgan fingerprint density at radius 3 is 2.53 bits per heavy atom. The van der Waals surface area contributed by atoms with Gasteiger partial charge in [0.2, 0.25) is 0 Å². The van der Waals surface area contributed by atoms with Crippen LogP contribution in [0.4, 0.5) is 0 Å². The highest BCUT2D eigenvalue weighted by molar-refractivity contribution is 6.30. The van der Waals surface area contributed by atoms with Crippen LogP contribution in [0.1, 0.15) is 18.1 Å². The molecule has 0 aliphatic heterocycles. The normalized spacial score (nSPS) is 13.0. The van der Waals surface area contributed by atoms with Crippen LogP contribution in [0.15, 0.2) is 24.3 Å². The van der Waals surface area contributed by atoms with E-state index >= 15 is 0 Å². The van der Waals surface area contributed by atoms with Gasteiger partial charge < -0.3 is 14.7 Å². The third kappa shape index (κ3) is 5.50. The fourth-order valence-electron chi connectivity index (χ4n) is 1.55. The first kappa shape index (κ1) is 14.5.